The second kappa shape index (κ2) is 53.9. The maximum Gasteiger partial charge on any atom is 0.335 e. The monoisotopic (exact) mass is 2190 g/mol. The predicted molar refractivity (Wildman–Crippen MR) is 518 cm³/mol. The highest BCUT2D eigenvalue weighted by atomic mass is 35.5. The van der Waals surface area contributed by atoms with Gasteiger partial charge in [0.05, 0.1) is 147 Å². The Morgan fingerprint density at radius 3 is 0.862 bits per heavy atom. The minimum Gasteiger partial charge on any atom is -0.463 e. The van der Waals surface area contributed by atoms with Gasteiger partial charge in [-0.3, -0.25) is 28.3 Å². The van der Waals surface area contributed by atoms with Gasteiger partial charge in [-0.25, -0.2) is 106 Å². The molecule has 0 unspecified atom stereocenters. The fourth-order valence-corrected chi connectivity index (χ4v) is 22.0. The molecule has 138 heavy (non-hydrogen) atoms. The van der Waals surface area contributed by atoms with Gasteiger partial charge in [-0.05, 0) is 266 Å². The van der Waals surface area contributed by atoms with Crippen molar-refractivity contribution >= 4 is 200 Å². The van der Waals surface area contributed by atoms with Crippen molar-refractivity contribution in [3.05, 3.63) is 244 Å². The second-order valence-corrected chi connectivity index (χ2v) is 40.7. The number of halogens is 12. The topological polar surface area (TPSA) is 435 Å². The van der Waals surface area contributed by atoms with Gasteiger partial charge in [0.25, 0.3) is 0 Å². The Bertz CT molecular complexity index is 7480. The SMILES string of the molecule is [2H]C1=C(C(=O)OCC)[C@H](S(=O)(=O)N([2H])c2ccc(F)cc2Cl)CCC1.[2H]C1=C(C(=O)OCC)[C@H](S(=O)(=O)N([2H])c2ccc(F)cc2Cl)CCC1([2H])[2H].[2H]C1=C(C(=O)OCC)[C@]([2H])(S(=O)(=O)N([2H])c2ccc(F)cc2Cl)CCC1.[2H]C1=C(C(=O)OCC)[C@]([2H])(S(=O)(=O)N([2H])c2ccc(F)cc2Cl)CCC1([2H])[2H].[2H]N(c1ccc(F)cc1Cl)S(=O)(=O)[C@@H]1CC([2H])([2H])CC=C1C(=O)OCC.[2H]N(c1ccc(F)cc1Cl)S(=O)(=O)[C@]1([2H])CC([2H])([2H])CC=C1C(=O)OCC. The molecule has 0 spiro atoms. The lowest BCUT2D eigenvalue weighted by Gasteiger charge is -2.24. The first kappa shape index (κ1) is 86.3. The normalized spacial score (nSPS) is 23.8. The number of ether oxygens (including phenoxy) is 6. The smallest absolute Gasteiger partial charge is 0.335 e. The maximum atomic E-state index is 13.2. The molecule has 0 radical (unpaired) electrons. The molecule has 48 heteroatoms. The summed E-state index contributed by atoms with van der Waals surface area (Å²) in [5, 5.41) is -14.9. The first-order valence-corrected chi connectivity index (χ1v) is 52.1. The average molecular weight is 2190 g/mol. The molecule has 0 aliphatic heterocycles. The standard InChI is InChI=1S/6C15H17ClFNO4S/c6*1-2-22-15(19)11-5-3-4-6-14(11)23(20,21)18-13-8-7-10(17)9-12(13)16/h6*5,7-9,14,18H,2-4,6H2,1H3/t6*14-/m111111/s1/i3D2,5D,14D;5D,14D;4D2,14D;3D2,5D;5D;4D2/hD6. The van der Waals surface area contributed by atoms with Gasteiger partial charge in [-0.15, -0.1) is 0 Å². The van der Waals surface area contributed by atoms with E-state index in [-0.39, 0.29) is 192 Å². The fourth-order valence-electron chi connectivity index (χ4n) is 12.3. The molecule has 756 valence electrons. The Kier molecular flexibility index (Phi) is 33.7. The van der Waals surface area contributed by atoms with E-state index >= 15 is 0 Å². The number of hydrogen-bond donors (Lipinski definition) is 6. The summed E-state index contributed by atoms with van der Waals surface area (Å²) >= 11 is 34.9. The van der Waals surface area contributed by atoms with Crippen molar-refractivity contribution in [2.45, 2.75) is 188 Å². The molecule has 0 saturated carbocycles. The number of esters is 6. The van der Waals surface area contributed by atoms with Gasteiger partial charge >= 0.3 is 35.8 Å². The van der Waals surface area contributed by atoms with E-state index in [1.807, 2.05) is 0 Å². The van der Waals surface area contributed by atoms with Gasteiger partial charge in [0, 0.05) is 11.0 Å². The average Bonchev–Trinajstić information content (AvgIpc) is 0.724. The Morgan fingerprint density at radius 1 is 0.312 bits per heavy atom. The zero-order valence-electron chi connectivity index (χ0n) is 94.4. The lowest BCUT2D eigenvalue weighted by molar-refractivity contribution is -0.139. The molecule has 6 N–H and O–H groups in total. The molecule has 0 aromatic heterocycles. The number of carbonyl (C=O) groups is 6. The van der Waals surface area contributed by atoms with Gasteiger partial charge in [-0.2, -0.15) is 0 Å². The van der Waals surface area contributed by atoms with E-state index in [0.717, 1.165) is 115 Å². The summed E-state index contributed by atoms with van der Waals surface area (Å²) in [6.45, 7) is 8.68. The summed E-state index contributed by atoms with van der Waals surface area (Å²) in [7, 11) is -28.4. The molecule has 6 aliphatic rings. The van der Waals surface area contributed by atoms with Gasteiger partial charge < -0.3 is 28.4 Å². The first-order valence-electron chi connectivity index (χ1n) is 51.2. The molecule has 12 rings (SSSR count). The first-order chi connectivity index (χ1) is 73.3. The van der Waals surface area contributed by atoms with Crippen molar-refractivity contribution in [1.29, 1.82) is 0 Å². The van der Waals surface area contributed by atoms with Gasteiger partial charge in [0.1, 0.15) is 66.3 Å². The van der Waals surface area contributed by atoms with E-state index in [1.54, 1.807) is 13.8 Å². The van der Waals surface area contributed by atoms with Crippen molar-refractivity contribution in [1.82, 2.24) is 0 Å². The van der Waals surface area contributed by atoms with E-state index in [4.69, 9.17) is 127 Å². The molecule has 0 heterocycles. The number of hydrogen-bond acceptors (Lipinski definition) is 24. The van der Waals surface area contributed by atoms with Crippen LogP contribution >= 0.6 is 69.6 Å². The van der Waals surface area contributed by atoms with Crippen molar-refractivity contribution < 1.29 is 163 Å². The molecule has 0 fully saturated rings. The molecular formula is C90H102Cl6F6N6O24S6. The van der Waals surface area contributed by atoms with Crippen molar-refractivity contribution in [2.75, 3.05) is 67.9 Å². The van der Waals surface area contributed by atoms with Crippen molar-refractivity contribution in [3.63, 3.8) is 0 Å². The molecular weight excluding hydrogens is 2070 g/mol. The van der Waals surface area contributed by atoms with E-state index in [2.05, 4.69) is 0 Å². The van der Waals surface area contributed by atoms with Crippen LogP contribution in [0.1, 0.15) is 177 Å². The van der Waals surface area contributed by atoms with Crippen LogP contribution in [-0.2, 0) is 117 Å². The molecule has 6 aromatic carbocycles. The van der Waals surface area contributed by atoms with E-state index in [9.17, 15) is 106 Å². The quantitative estimate of drug-likeness (QED) is 0.0139. The summed E-state index contributed by atoms with van der Waals surface area (Å²) in [4.78, 5) is 73.2. The van der Waals surface area contributed by atoms with Crippen LogP contribution in [0, 0.1) is 34.9 Å². The van der Waals surface area contributed by atoms with Crippen LogP contribution in [0.4, 0.5) is 60.5 Å². The summed E-state index contributed by atoms with van der Waals surface area (Å²) in [5.41, 5.74) is -5.44. The molecule has 0 saturated heterocycles. The Labute approximate surface area is 857 Å². The lowest BCUT2D eigenvalue weighted by Crippen LogP contribution is -2.34. The van der Waals surface area contributed by atoms with Gasteiger partial charge in [0.2, 0.25) is 60.1 Å². The fraction of sp³-hybridized carbons (Fsp3) is 0.400. The van der Waals surface area contributed by atoms with Gasteiger partial charge in [0.15, 0.2) is 8.47 Å². The summed E-state index contributed by atoms with van der Waals surface area (Å²) in [6.07, 6.45) is -9.34. The highest BCUT2D eigenvalue weighted by Gasteiger charge is 2.42. The minimum atomic E-state index is -5.03. The number of allylic oxidation sites excluding steroid dienone is 6. The number of sulfonamides is 6. The molecule has 6 aromatic rings. The van der Waals surface area contributed by atoms with Crippen LogP contribution in [0.5, 0.6) is 0 Å². The number of rotatable bonds is 30. The number of benzene rings is 6. The van der Waals surface area contributed by atoms with Crippen molar-refractivity contribution in [2.24, 2.45) is 0 Å². The van der Waals surface area contributed by atoms with Crippen LogP contribution in [0.2, 0.25) is 38.6 Å². The van der Waals surface area contributed by atoms with Crippen LogP contribution in [0.25, 0.3) is 0 Å². The maximum absolute atomic E-state index is 13.2. The van der Waals surface area contributed by atoms with Crippen LogP contribution in [0.3, 0.4) is 0 Å². The van der Waals surface area contributed by atoms with Crippen molar-refractivity contribution in [3.8, 4) is 0 Å². The second-order valence-electron chi connectivity index (χ2n) is 28.0. The summed E-state index contributed by atoms with van der Waals surface area (Å²) in [6, 6.07) is 14.3. The Morgan fingerprint density at radius 2 is 0.536 bits per heavy atom. The molecule has 0 amide bonds. The third kappa shape index (κ3) is 33.8. The predicted octanol–water partition coefficient (Wildman–Crippen LogP) is 19.6. The largest absolute Gasteiger partial charge is 0.463 e. The summed E-state index contributed by atoms with van der Waals surface area (Å²) < 4.78 is 431. The van der Waals surface area contributed by atoms with Gasteiger partial charge in [-0.1, -0.05) is 106 Å². The zero-order chi connectivity index (χ0) is 121. The zero-order valence-corrected chi connectivity index (χ0v) is 82.8. The highest BCUT2D eigenvalue weighted by molar-refractivity contribution is 7.95. The Hall–Kier alpha value is -9.60. The summed E-state index contributed by atoms with van der Waals surface area (Å²) in [5.74, 6) is -10.7. The number of carbonyl (C=O) groups excluding carboxylic acids is 6. The van der Waals surface area contributed by atoms with E-state index in [0.29, 0.717) is 6.42 Å². The number of nitrogens with one attached hydrogen (secondary N) is 6. The third-order valence-corrected chi connectivity index (χ3v) is 29.5. The van der Waals surface area contributed by atoms with E-state index < -0.39 is 269 Å². The molecule has 0 bridgehead atoms. The Balaban J connectivity index is 0.000000257. The minimum absolute atomic E-state index is 0.000398. The lowest BCUT2D eigenvalue weighted by atomic mass is 9.99. The highest BCUT2D eigenvalue weighted by Crippen LogP contribution is 2.39. The third-order valence-electron chi connectivity index (χ3n) is 18.4. The van der Waals surface area contributed by atoms with Crippen LogP contribution in [-0.4, -0.2) is 157 Å². The number of anilines is 6. The molecule has 6 atom stereocenters. The molecule has 6 aliphatic carbocycles. The van der Waals surface area contributed by atoms with E-state index in [1.165, 1.54) is 33.8 Å². The van der Waals surface area contributed by atoms with Crippen LogP contribution in [0.15, 0.2) is 179 Å². The molecule has 30 nitrogen and oxygen atoms in total. The van der Waals surface area contributed by atoms with Crippen LogP contribution < -0.4 is 28.3 Å².